The normalized spacial score (nSPS) is 26.4. The molecular weight excluding hydrogens is 566 g/mol. The number of nitrogens with zero attached hydrogens (tertiary/aromatic N) is 1. The molecule has 2 fully saturated rings. The Hall–Kier alpha value is -4.42. The standard InChI is InChI=1S/C31H43N7O6/c1-16(2)25-30(43)33-15-24(39)34-18(5)27(40)35-22(13-19-14-32-21-10-7-6-9-20(19)21)28(41)37-26(17(3)4)31(44)38-12-8-11-23(38)29(42)36-25/h6-7,9-10,14,16-18,22-23,25-26,32H,8,11-13,15H2,1-5H3,(H,33,43)(H,34,39)(H,35,40)(H,36,42)(H,37,41). The third-order valence-corrected chi connectivity index (χ3v) is 8.24. The maximum absolute atomic E-state index is 13.9. The lowest BCUT2D eigenvalue weighted by atomic mass is 9.99. The quantitative estimate of drug-likeness (QED) is 0.286. The molecule has 2 aromatic rings. The number of benzene rings is 1. The van der Waals surface area contributed by atoms with Gasteiger partial charge in [0, 0.05) is 30.1 Å². The van der Waals surface area contributed by atoms with Crippen LogP contribution in [-0.4, -0.2) is 88.6 Å². The summed E-state index contributed by atoms with van der Waals surface area (Å²) in [5, 5.41) is 14.3. The number of rotatable bonds is 4. The fourth-order valence-electron chi connectivity index (χ4n) is 5.70. The van der Waals surface area contributed by atoms with Gasteiger partial charge in [-0.3, -0.25) is 28.8 Å². The highest BCUT2D eigenvalue weighted by molar-refractivity contribution is 5.98. The molecule has 3 heterocycles. The smallest absolute Gasteiger partial charge is 0.246 e. The maximum atomic E-state index is 13.9. The molecule has 13 nitrogen and oxygen atoms in total. The lowest BCUT2D eigenvalue weighted by molar-refractivity contribution is -0.143. The number of carbonyl (C=O) groups is 6. The van der Waals surface area contributed by atoms with Crippen molar-refractivity contribution in [2.45, 2.75) is 84.1 Å². The topological polar surface area (TPSA) is 182 Å². The van der Waals surface area contributed by atoms with E-state index in [0.29, 0.717) is 19.4 Å². The largest absolute Gasteiger partial charge is 0.361 e. The van der Waals surface area contributed by atoms with Gasteiger partial charge in [-0.15, -0.1) is 0 Å². The second-order valence-corrected chi connectivity index (χ2v) is 12.3. The van der Waals surface area contributed by atoms with Crippen LogP contribution in [-0.2, 0) is 35.2 Å². The molecule has 0 radical (unpaired) electrons. The lowest BCUT2D eigenvalue weighted by Crippen LogP contribution is -2.61. The average molecular weight is 610 g/mol. The van der Waals surface area contributed by atoms with Crippen molar-refractivity contribution >= 4 is 46.3 Å². The number of fused-ring (bicyclic) bond motifs is 2. The van der Waals surface area contributed by atoms with Crippen LogP contribution in [0.1, 0.15) is 53.0 Å². The molecule has 0 bridgehead atoms. The van der Waals surface area contributed by atoms with Crippen LogP contribution >= 0.6 is 0 Å². The van der Waals surface area contributed by atoms with Crippen molar-refractivity contribution in [3.63, 3.8) is 0 Å². The Morgan fingerprint density at radius 2 is 1.50 bits per heavy atom. The minimum absolute atomic E-state index is 0.114. The second-order valence-electron chi connectivity index (χ2n) is 12.3. The van der Waals surface area contributed by atoms with Crippen LogP contribution in [0.2, 0.25) is 0 Å². The SMILES string of the molecule is CC1NC(=O)CNC(=O)C(C(C)C)NC(=O)C2CCCN2C(=O)C(C(C)C)NC(=O)C(Cc2c[nH]c3ccccc23)NC1=O. The van der Waals surface area contributed by atoms with E-state index in [2.05, 4.69) is 31.6 Å². The Morgan fingerprint density at radius 3 is 2.20 bits per heavy atom. The Morgan fingerprint density at radius 1 is 0.818 bits per heavy atom. The summed E-state index contributed by atoms with van der Waals surface area (Å²) in [5.41, 5.74) is 1.65. The van der Waals surface area contributed by atoms with E-state index >= 15 is 0 Å². The maximum Gasteiger partial charge on any atom is 0.246 e. The van der Waals surface area contributed by atoms with E-state index < -0.39 is 72.2 Å². The minimum atomic E-state index is -1.09. The van der Waals surface area contributed by atoms with Gasteiger partial charge >= 0.3 is 0 Å². The number of hydrogen-bond acceptors (Lipinski definition) is 6. The Labute approximate surface area is 256 Å². The highest BCUT2D eigenvalue weighted by Crippen LogP contribution is 2.22. The molecule has 0 saturated carbocycles. The molecule has 44 heavy (non-hydrogen) atoms. The predicted octanol–water partition coefficient (Wildman–Crippen LogP) is 0.102. The third-order valence-electron chi connectivity index (χ3n) is 8.24. The van der Waals surface area contributed by atoms with Crippen molar-refractivity contribution in [2.24, 2.45) is 11.8 Å². The van der Waals surface area contributed by atoms with E-state index in [1.54, 1.807) is 33.9 Å². The zero-order valence-electron chi connectivity index (χ0n) is 25.9. The number of nitrogens with one attached hydrogen (secondary N) is 6. The molecule has 6 amide bonds. The lowest BCUT2D eigenvalue weighted by Gasteiger charge is -2.32. The Kier molecular flexibility index (Phi) is 10.3. The van der Waals surface area contributed by atoms with Crippen LogP contribution in [0.3, 0.4) is 0 Å². The van der Waals surface area contributed by atoms with Gasteiger partial charge in [0.05, 0.1) is 6.54 Å². The number of para-hydroxylation sites is 1. The van der Waals surface area contributed by atoms with E-state index in [1.807, 2.05) is 24.3 Å². The Bertz CT molecular complexity index is 1420. The van der Waals surface area contributed by atoms with Gasteiger partial charge in [-0.25, -0.2) is 0 Å². The molecule has 4 rings (SSSR count). The highest BCUT2D eigenvalue weighted by Gasteiger charge is 2.41. The van der Waals surface area contributed by atoms with Crippen LogP contribution < -0.4 is 26.6 Å². The van der Waals surface area contributed by atoms with Gasteiger partial charge in [0.1, 0.15) is 30.2 Å². The second kappa shape index (κ2) is 13.9. The zero-order valence-corrected chi connectivity index (χ0v) is 25.9. The van der Waals surface area contributed by atoms with E-state index in [9.17, 15) is 28.8 Å². The predicted molar refractivity (Wildman–Crippen MR) is 163 cm³/mol. The molecule has 2 saturated heterocycles. The fraction of sp³-hybridized carbons (Fsp3) is 0.548. The van der Waals surface area contributed by atoms with E-state index in [-0.39, 0.29) is 18.3 Å². The summed E-state index contributed by atoms with van der Waals surface area (Å²) in [5.74, 6) is -3.85. The van der Waals surface area contributed by atoms with Crippen molar-refractivity contribution in [3.8, 4) is 0 Å². The molecule has 0 aliphatic carbocycles. The zero-order chi connectivity index (χ0) is 32.1. The monoisotopic (exact) mass is 609 g/mol. The summed E-state index contributed by atoms with van der Waals surface area (Å²) in [4.78, 5) is 84.7. The summed E-state index contributed by atoms with van der Waals surface area (Å²) < 4.78 is 0. The van der Waals surface area contributed by atoms with Crippen LogP contribution in [0.4, 0.5) is 0 Å². The number of aromatic nitrogens is 1. The van der Waals surface area contributed by atoms with Gasteiger partial charge in [0.2, 0.25) is 35.4 Å². The van der Waals surface area contributed by atoms with Crippen LogP contribution in [0, 0.1) is 11.8 Å². The van der Waals surface area contributed by atoms with Crippen molar-refractivity contribution in [3.05, 3.63) is 36.0 Å². The van der Waals surface area contributed by atoms with Gasteiger partial charge in [-0.1, -0.05) is 45.9 Å². The molecule has 6 N–H and O–H groups in total. The summed E-state index contributed by atoms with van der Waals surface area (Å²) in [6.07, 6.45) is 2.87. The molecule has 2 aliphatic heterocycles. The van der Waals surface area contributed by atoms with Crippen molar-refractivity contribution in [2.75, 3.05) is 13.1 Å². The first-order valence-corrected chi connectivity index (χ1v) is 15.2. The van der Waals surface area contributed by atoms with E-state index in [0.717, 1.165) is 16.5 Å². The van der Waals surface area contributed by atoms with Crippen molar-refractivity contribution < 1.29 is 28.8 Å². The molecule has 238 valence electrons. The number of hydrogen-bond donors (Lipinski definition) is 6. The van der Waals surface area contributed by atoms with Gasteiger partial charge in [-0.2, -0.15) is 0 Å². The van der Waals surface area contributed by atoms with Crippen molar-refractivity contribution in [1.82, 2.24) is 36.5 Å². The number of carbonyl (C=O) groups excluding carboxylic acids is 6. The molecular formula is C31H43N7O6. The van der Waals surface area contributed by atoms with Gasteiger partial charge in [0.25, 0.3) is 0 Å². The summed E-state index contributed by atoms with van der Waals surface area (Å²) >= 11 is 0. The molecule has 1 aromatic carbocycles. The molecule has 13 heteroatoms. The van der Waals surface area contributed by atoms with Crippen LogP contribution in [0.15, 0.2) is 30.5 Å². The summed E-state index contributed by atoms with van der Waals surface area (Å²) in [6, 6.07) is 2.70. The van der Waals surface area contributed by atoms with Gasteiger partial charge in [-0.05, 0) is 43.2 Å². The molecule has 0 spiro atoms. The highest BCUT2D eigenvalue weighted by atomic mass is 16.2. The first kappa shape index (κ1) is 32.5. The van der Waals surface area contributed by atoms with Crippen molar-refractivity contribution in [1.29, 1.82) is 0 Å². The van der Waals surface area contributed by atoms with Gasteiger partial charge < -0.3 is 36.5 Å². The molecule has 1 aromatic heterocycles. The first-order chi connectivity index (χ1) is 20.9. The molecule has 2 aliphatic rings. The third kappa shape index (κ3) is 7.37. The van der Waals surface area contributed by atoms with Crippen LogP contribution in [0.5, 0.6) is 0 Å². The number of aromatic amines is 1. The first-order valence-electron chi connectivity index (χ1n) is 15.2. The average Bonchev–Trinajstić information content (AvgIpc) is 3.63. The molecule has 5 atom stereocenters. The van der Waals surface area contributed by atoms with Crippen LogP contribution in [0.25, 0.3) is 10.9 Å². The molecule has 5 unspecified atom stereocenters. The van der Waals surface area contributed by atoms with E-state index in [4.69, 9.17) is 0 Å². The minimum Gasteiger partial charge on any atom is -0.361 e. The van der Waals surface area contributed by atoms with E-state index in [1.165, 1.54) is 11.8 Å². The summed E-state index contributed by atoms with van der Waals surface area (Å²) in [7, 11) is 0. The number of H-pyrrole nitrogens is 1. The fourth-order valence-corrected chi connectivity index (χ4v) is 5.70. The van der Waals surface area contributed by atoms with Gasteiger partial charge in [0.15, 0.2) is 0 Å². The number of amides is 6. The Balaban J connectivity index is 1.67. The summed E-state index contributed by atoms with van der Waals surface area (Å²) in [6.45, 7) is 8.49.